The van der Waals surface area contributed by atoms with E-state index in [9.17, 15) is 17.3 Å². The third-order valence-electron chi connectivity index (χ3n) is 2.43. The van der Waals surface area contributed by atoms with Gasteiger partial charge in [-0.2, -0.15) is 0 Å². The van der Waals surface area contributed by atoms with Gasteiger partial charge in [0.25, 0.3) is 0 Å². The largest absolute Gasteiger partial charge is 0.0616 e. The Labute approximate surface area is 146 Å². The number of fused-ring (bicyclic) bond motifs is 4. The molecule has 9 heteroatoms. The van der Waals surface area contributed by atoms with Crippen LogP contribution in [0.3, 0.4) is 0 Å². The van der Waals surface area contributed by atoms with Crippen LogP contribution < -0.4 is 0 Å². The first-order chi connectivity index (χ1) is 11.0. The van der Waals surface area contributed by atoms with Crippen molar-refractivity contribution in [3.05, 3.63) is 68.5 Å². The molecule has 0 saturated heterocycles. The van der Waals surface area contributed by atoms with Crippen LogP contribution in [-0.2, 0) is 31.0 Å². The van der Waals surface area contributed by atoms with Crippen molar-refractivity contribution in [1.82, 2.24) is 0 Å². The van der Waals surface area contributed by atoms with Gasteiger partial charge in [0.2, 0.25) is 0 Å². The molecule has 2 aromatic rings. The van der Waals surface area contributed by atoms with Crippen LogP contribution in [0.5, 0.6) is 0 Å². The second-order valence-corrected chi connectivity index (χ2v) is 3.59. The van der Waals surface area contributed by atoms with Crippen LogP contribution in [0.25, 0.3) is 22.3 Å². The monoisotopic (exact) mass is 378 g/mol. The standard InChI is InChI=1S/C12H8.3CO.BF4.Mn/c1-2-6-10-9(5-1)11-7-3-4-8-12(10)11;3*1-2;2-1(3,4)5;/h1-8H;;;;;/q;;;;-1;. The Hall–Kier alpha value is -2.04. The van der Waals surface area contributed by atoms with Gasteiger partial charge >= 0.3 is 41.2 Å². The van der Waals surface area contributed by atoms with Crippen molar-refractivity contribution in [1.29, 1.82) is 0 Å². The second kappa shape index (κ2) is 14.5. The molecule has 3 nitrogen and oxygen atoms in total. The molecule has 24 heavy (non-hydrogen) atoms. The molecule has 125 valence electrons. The molecule has 0 spiro atoms. The van der Waals surface area contributed by atoms with Crippen LogP contribution in [0.2, 0.25) is 0 Å². The van der Waals surface area contributed by atoms with E-state index in [1.165, 1.54) is 22.3 Å². The quantitative estimate of drug-likeness (QED) is 0.239. The fraction of sp³-hybridized carbons (Fsp3) is 0. The maximum absolute atomic E-state index is 9.75. The van der Waals surface area contributed by atoms with Gasteiger partial charge in [-0.1, -0.05) is 48.5 Å². The van der Waals surface area contributed by atoms with Crippen LogP contribution in [0.4, 0.5) is 17.3 Å². The molecule has 0 saturated carbocycles. The van der Waals surface area contributed by atoms with E-state index in [0.29, 0.717) is 0 Å². The molecule has 1 radical (unpaired) electrons. The van der Waals surface area contributed by atoms with Gasteiger partial charge in [-0.05, 0) is 22.3 Å². The molecule has 3 rings (SSSR count). The summed E-state index contributed by atoms with van der Waals surface area (Å²) in [7, 11) is -6.00. The Morgan fingerprint density at radius 2 is 0.667 bits per heavy atom. The summed E-state index contributed by atoms with van der Waals surface area (Å²) in [5, 5.41) is 0. The Kier molecular flexibility index (Phi) is 16.3. The summed E-state index contributed by atoms with van der Waals surface area (Å²) in [4.78, 5) is 0. The van der Waals surface area contributed by atoms with Crippen molar-refractivity contribution in [2.24, 2.45) is 0 Å². The van der Waals surface area contributed by atoms with Gasteiger partial charge in [0.1, 0.15) is 0 Å². The van der Waals surface area contributed by atoms with Gasteiger partial charge < -0.3 is 17.3 Å². The van der Waals surface area contributed by atoms with E-state index in [1.807, 2.05) is 0 Å². The summed E-state index contributed by atoms with van der Waals surface area (Å²) in [6.07, 6.45) is 0. The van der Waals surface area contributed by atoms with Gasteiger partial charge in [0.05, 0.1) is 0 Å². The predicted molar refractivity (Wildman–Crippen MR) is 72.8 cm³/mol. The molecule has 0 aromatic heterocycles. The molecule has 0 atom stereocenters. The Balaban J connectivity index is -0.000000318. The number of hydrogen-bond donors (Lipinski definition) is 0. The van der Waals surface area contributed by atoms with E-state index in [-0.39, 0.29) is 17.1 Å². The maximum Gasteiger partial charge on any atom is 0 e. The number of rotatable bonds is 0. The first kappa shape index (κ1) is 26.8. The van der Waals surface area contributed by atoms with Crippen molar-refractivity contribution in [2.75, 3.05) is 0 Å². The average Bonchev–Trinajstić information content (AvgIpc) is 2.57. The molecule has 0 amide bonds. The first-order valence-corrected chi connectivity index (χ1v) is 5.64. The molecule has 0 fully saturated rings. The molecule has 0 N–H and O–H groups in total. The van der Waals surface area contributed by atoms with Crippen molar-refractivity contribution in [2.45, 2.75) is 0 Å². The predicted octanol–water partition coefficient (Wildman–Crippen LogP) is 4.52. The van der Waals surface area contributed by atoms with E-state index < -0.39 is 7.25 Å². The molecule has 2 aromatic carbocycles. The fourth-order valence-corrected chi connectivity index (χ4v) is 1.84. The molecule has 1 aliphatic rings. The zero-order valence-corrected chi connectivity index (χ0v) is 13.0. The topological polar surface area (TPSA) is 59.7 Å². The van der Waals surface area contributed by atoms with Gasteiger partial charge in [-0.15, -0.1) is 0 Å². The summed E-state index contributed by atoms with van der Waals surface area (Å²) < 4.78 is 61.5. The third-order valence-corrected chi connectivity index (χ3v) is 2.43. The molecular formula is C15H8BF4MnO3-. The zero-order valence-electron chi connectivity index (χ0n) is 11.8. The first-order valence-electron chi connectivity index (χ1n) is 5.64. The van der Waals surface area contributed by atoms with Gasteiger partial charge in [-0.3, -0.25) is 0 Å². The fourth-order valence-electron chi connectivity index (χ4n) is 1.84. The van der Waals surface area contributed by atoms with E-state index in [4.69, 9.17) is 14.0 Å². The normalized spacial score (nSPS) is 8.42. The minimum Gasteiger partial charge on any atom is -0.0616 e. The van der Waals surface area contributed by atoms with Gasteiger partial charge in [-0.25, -0.2) is 0 Å². The maximum atomic E-state index is 9.75. The minimum absolute atomic E-state index is 0. The Bertz CT molecular complexity index is 549. The van der Waals surface area contributed by atoms with Crippen LogP contribution >= 0.6 is 0 Å². The average molecular weight is 378 g/mol. The molecule has 0 bridgehead atoms. The zero-order chi connectivity index (χ0) is 18.5. The van der Waals surface area contributed by atoms with E-state index in [2.05, 4.69) is 68.5 Å². The van der Waals surface area contributed by atoms with E-state index >= 15 is 0 Å². The Morgan fingerprint density at radius 1 is 0.542 bits per heavy atom. The van der Waals surface area contributed by atoms with E-state index in [1.54, 1.807) is 0 Å². The summed E-state index contributed by atoms with van der Waals surface area (Å²) in [5.74, 6) is 0. The summed E-state index contributed by atoms with van der Waals surface area (Å²) in [6, 6.07) is 17.1. The van der Waals surface area contributed by atoms with Gasteiger partial charge in [0.15, 0.2) is 0 Å². The van der Waals surface area contributed by atoms with Crippen LogP contribution in [0.1, 0.15) is 0 Å². The number of halogens is 4. The van der Waals surface area contributed by atoms with Gasteiger partial charge in [0, 0.05) is 17.1 Å². The summed E-state index contributed by atoms with van der Waals surface area (Å²) in [5.41, 5.74) is 5.59. The smallest absolute Gasteiger partial charge is 0 e. The van der Waals surface area contributed by atoms with Crippen LogP contribution in [-0.4, -0.2) is 7.25 Å². The molecule has 1 aliphatic carbocycles. The molecular weight excluding hydrogens is 370 g/mol. The van der Waals surface area contributed by atoms with Crippen molar-refractivity contribution >= 4 is 7.25 Å². The van der Waals surface area contributed by atoms with Crippen molar-refractivity contribution in [3.8, 4) is 22.3 Å². The van der Waals surface area contributed by atoms with Crippen molar-refractivity contribution in [3.63, 3.8) is 0 Å². The van der Waals surface area contributed by atoms with Crippen LogP contribution in [0, 0.1) is 20.0 Å². The van der Waals surface area contributed by atoms with E-state index in [0.717, 1.165) is 0 Å². The number of hydrogen-bond acceptors (Lipinski definition) is 0. The summed E-state index contributed by atoms with van der Waals surface area (Å²) in [6.45, 7) is 13.5. The molecule has 0 aliphatic heterocycles. The third kappa shape index (κ3) is 9.18. The van der Waals surface area contributed by atoms with Crippen molar-refractivity contribution < 1.29 is 48.3 Å². The number of benzene rings is 2. The SMILES string of the molecule is F[B-](F)(F)F.[C-]#[O+].[C-]#[O+].[C-]#[O+].[Mn].c1ccc2c(c1)-c1ccccc1-2. The molecule has 0 heterocycles. The summed E-state index contributed by atoms with van der Waals surface area (Å²) >= 11 is 0. The van der Waals surface area contributed by atoms with Crippen LogP contribution in [0.15, 0.2) is 48.5 Å². The Morgan fingerprint density at radius 3 is 0.792 bits per heavy atom. The second-order valence-electron chi connectivity index (χ2n) is 3.59. The molecule has 0 unspecified atom stereocenters. The minimum atomic E-state index is -6.00.